The van der Waals surface area contributed by atoms with Gasteiger partial charge in [-0.2, -0.15) is 0 Å². The zero-order valence-corrected chi connectivity index (χ0v) is 8.57. The number of hydrogen-bond donors (Lipinski definition) is 0. The second-order valence-corrected chi connectivity index (χ2v) is 3.72. The van der Waals surface area contributed by atoms with Crippen molar-refractivity contribution in [2.75, 3.05) is 0 Å². The molecule has 15 heavy (non-hydrogen) atoms. The van der Waals surface area contributed by atoms with Gasteiger partial charge in [-0.25, -0.2) is 0 Å². The van der Waals surface area contributed by atoms with Crippen molar-refractivity contribution < 1.29 is 9.47 Å². The zero-order valence-electron chi connectivity index (χ0n) is 8.57. The number of ether oxygens (including phenoxy) is 2. The Morgan fingerprint density at radius 3 is 2.00 bits per heavy atom. The van der Waals surface area contributed by atoms with Crippen LogP contribution >= 0.6 is 0 Å². The normalized spacial score (nSPS) is 14.7. The second kappa shape index (κ2) is 3.16. The maximum atomic E-state index is 5.64. The SMILES string of the molecule is CCC1Oc2cc3ccccc3cc2O1. The Kier molecular flexibility index (Phi) is 1.81. The molecule has 0 amide bonds. The molecule has 0 unspecified atom stereocenters. The summed E-state index contributed by atoms with van der Waals surface area (Å²) in [5.41, 5.74) is 0. The van der Waals surface area contributed by atoms with E-state index in [2.05, 4.69) is 19.1 Å². The first kappa shape index (κ1) is 8.60. The molecule has 1 aliphatic rings. The van der Waals surface area contributed by atoms with Crippen LogP contribution in [0.15, 0.2) is 36.4 Å². The second-order valence-electron chi connectivity index (χ2n) is 3.72. The molecule has 0 saturated carbocycles. The molecule has 0 spiro atoms. The Labute approximate surface area is 88.4 Å². The van der Waals surface area contributed by atoms with Crippen molar-refractivity contribution in [1.82, 2.24) is 0 Å². The van der Waals surface area contributed by atoms with Crippen LogP contribution < -0.4 is 9.47 Å². The van der Waals surface area contributed by atoms with E-state index in [1.54, 1.807) is 0 Å². The lowest BCUT2D eigenvalue weighted by Crippen LogP contribution is -2.15. The number of rotatable bonds is 1. The van der Waals surface area contributed by atoms with E-state index in [4.69, 9.17) is 9.47 Å². The summed E-state index contributed by atoms with van der Waals surface area (Å²) < 4.78 is 11.3. The molecule has 1 heterocycles. The Bertz CT molecular complexity index is 460. The molecule has 0 fully saturated rings. The van der Waals surface area contributed by atoms with E-state index in [1.807, 2.05) is 24.3 Å². The van der Waals surface area contributed by atoms with E-state index in [0.717, 1.165) is 17.9 Å². The Hall–Kier alpha value is -1.70. The lowest BCUT2D eigenvalue weighted by molar-refractivity contribution is 0.0465. The first-order valence-corrected chi connectivity index (χ1v) is 5.23. The van der Waals surface area contributed by atoms with Crippen LogP contribution in [-0.4, -0.2) is 6.29 Å². The summed E-state index contributed by atoms with van der Waals surface area (Å²) in [7, 11) is 0. The molecule has 76 valence electrons. The van der Waals surface area contributed by atoms with Gasteiger partial charge in [0.25, 0.3) is 0 Å². The van der Waals surface area contributed by atoms with Crippen LogP contribution in [0.25, 0.3) is 10.8 Å². The fourth-order valence-corrected chi connectivity index (χ4v) is 1.86. The average molecular weight is 200 g/mol. The highest BCUT2D eigenvalue weighted by Crippen LogP contribution is 2.38. The minimum atomic E-state index is -0.114. The van der Waals surface area contributed by atoms with Crippen LogP contribution in [0.2, 0.25) is 0 Å². The molecule has 3 rings (SSSR count). The van der Waals surface area contributed by atoms with Crippen LogP contribution in [0.5, 0.6) is 11.5 Å². The summed E-state index contributed by atoms with van der Waals surface area (Å²) in [6.45, 7) is 2.05. The molecule has 0 atom stereocenters. The van der Waals surface area contributed by atoms with Gasteiger partial charge in [-0.15, -0.1) is 0 Å². The van der Waals surface area contributed by atoms with Crippen LogP contribution in [0.3, 0.4) is 0 Å². The van der Waals surface area contributed by atoms with Gasteiger partial charge in [0.05, 0.1) is 0 Å². The quantitative estimate of drug-likeness (QED) is 0.702. The van der Waals surface area contributed by atoms with Gasteiger partial charge in [-0.05, 0) is 22.9 Å². The molecule has 0 radical (unpaired) electrons. The predicted molar refractivity (Wildman–Crippen MR) is 59.3 cm³/mol. The van der Waals surface area contributed by atoms with E-state index >= 15 is 0 Å². The van der Waals surface area contributed by atoms with Crippen molar-refractivity contribution in [3.63, 3.8) is 0 Å². The predicted octanol–water partition coefficient (Wildman–Crippen LogP) is 3.35. The fraction of sp³-hybridized carbons (Fsp3) is 0.231. The maximum absolute atomic E-state index is 5.64. The lowest BCUT2D eigenvalue weighted by atomic mass is 10.1. The molecule has 1 aliphatic heterocycles. The molecule has 2 heteroatoms. The van der Waals surface area contributed by atoms with Crippen LogP contribution in [-0.2, 0) is 0 Å². The summed E-state index contributed by atoms with van der Waals surface area (Å²) in [5.74, 6) is 1.72. The summed E-state index contributed by atoms with van der Waals surface area (Å²) in [6.07, 6.45) is 0.752. The van der Waals surface area contributed by atoms with Crippen LogP contribution in [0.4, 0.5) is 0 Å². The fourth-order valence-electron chi connectivity index (χ4n) is 1.86. The molecule has 0 N–H and O–H groups in total. The Morgan fingerprint density at radius 1 is 1.00 bits per heavy atom. The highest BCUT2D eigenvalue weighted by Gasteiger charge is 2.22. The van der Waals surface area contributed by atoms with E-state index < -0.39 is 0 Å². The highest BCUT2D eigenvalue weighted by molar-refractivity contribution is 5.86. The summed E-state index contributed by atoms with van der Waals surface area (Å²) in [6, 6.07) is 12.3. The molecule has 2 aromatic carbocycles. The first-order chi connectivity index (χ1) is 7.36. The molecular weight excluding hydrogens is 188 g/mol. The Morgan fingerprint density at radius 2 is 1.53 bits per heavy atom. The smallest absolute Gasteiger partial charge is 0.241 e. The van der Waals surface area contributed by atoms with Gasteiger partial charge in [0.1, 0.15) is 0 Å². The summed E-state index contributed by atoms with van der Waals surface area (Å²) in [4.78, 5) is 0. The van der Waals surface area contributed by atoms with E-state index in [0.29, 0.717) is 0 Å². The van der Waals surface area contributed by atoms with Crippen molar-refractivity contribution in [1.29, 1.82) is 0 Å². The van der Waals surface area contributed by atoms with Crippen molar-refractivity contribution in [2.45, 2.75) is 19.6 Å². The van der Waals surface area contributed by atoms with Gasteiger partial charge in [0.2, 0.25) is 6.29 Å². The van der Waals surface area contributed by atoms with Crippen molar-refractivity contribution in [3.8, 4) is 11.5 Å². The largest absolute Gasteiger partial charge is 0.451 e. The topological polar surface area (TPSA) is 18.5 Å². The molecule has 0 aliphatic carbocycles. The highest BCUT2D eigenvalue weighted by atomic mass is 16.7. The Balaban J connectivity index is 2.14. The van der Waals surface area contributed by atoms with E-state index in [1.165, 1.54) is 10.8 Å². The summed E-state index contributed by atoms with van der Waals surface area (Å²) >= 11 is 0. The molecular formula is C13H12O2. The lowest BCUT2D eigenvalue weighted by Gasteiger charge is -2.04. The van der Waals surface area contributed by atoms with Gasteiger partial charge in [0.15, 0.2) is 11.5 Å². The maximum Gasteiger partial charge on any atom is 0.241 e. The van der Waals surface area contributed by atoms with Crippen molar-refractivity contribution in [2.24, 2.45) is 0 Å². The third-order valence-corrected chi connectivity index (χ3v) is 2.66. The molecule has 2 aromatic rings. The van der Waals surface area contributed by atoms with Gasteiger partial charge < -0.3 is 9.47 Å². The van der Waals surface area contributed by atoms with E-state index in [9.17, 15) is 0 Å². The molecule has 0 saturated heterocycles. The minimum Gasteiger partial charge on any atom is -0.451 e. The molecule has 0 bridgehead atoms. The van der Waals surface area contributed by atoms with E-state index in [-0.39, 0.29) is 6.29 Å². The van der Waals surface area contributed by atoms with Crippen molar-refractivity contribution in [3.05, 3.63) is 36.4 Å². The molecule has 0 aromatic heterocycles. The third kappa shape index (κ3) is 1.33. The zero-order chi connectivity index (χ0) is 10.3. The van der Waals surface area contributed by atoms with Gasteiger partial charge in [-0.1, -0.05) is 31.2 Å². The minimum absolute atomic E-state index is 0.114. The number of hydrogen-bond acceptors (Lipinski definition) is 2. The number of benzene rings is 2. The van der Waals surface area contributed by atoms with Gasteiger partial charge in [-0.3, -0.25) is 0 Å². The average Bonchev–Trinajstić information content (AvgIpc) is 2.67. The van der Waals surface area contributed by atoms with Crippen LogP contribution in [0, 0.1) is 0 Å². The first-order valence-electron chi connectivity index (χ1n) is 5.23. The van der Waals surface area contributed by atoms with Gasteiger partial charge >= 0.3 is 0 Å². The van der Waals surface area contributed by atoms with Crippen molar-refractivity contribution >= 4 is 10.8 Å². The summed E-state index contributed by atoms with van der Waals surface area (Å²) in [5, 5.41) is 2.38. The number of fused-ring (bicyclic) bond motifs is 2. The van der Waals surface area contributed by atoms with Crippen LogP contribution in [0.1, 0.15) is 13.3 Å². The third-order valence-electron chi connectivity index (χ3n) is 2.66. The molecule has 2 nitrogen and oxygen atoms in total. The standard InChI is InChI=1S/C13H12O2/c1-2-13-14-11-7-9-5-3-4-6-10(9)8-12(11)15-13/h3-8,13H,2H2,1H3. The van der Waals surface area contributed by atoms with Gasteiger partial charge in [0, 0.05) is 6.42 Å². The monoisotopic (exact) mass is 200 g/mol.